The summed E-state index contributed by atoms with van der Waals surface area (Å²) in [6.07, 6.45) is 3.34. The van der Waals surface area contributed by atoms with Crippen molar-refractivity contribution in [1.82, 2.24) is 24.1 Å². The summed E-state index contributed by atoms with van der Waals surface area (Å²) in [4.78, 5) is 26.5. The summed E-state index contributed by atoms with van der Waals surface area (Å²) in [5, 5.41) is 0. The zero-order chi connectivity index (χ0) is 24.7. The Labute approximate surface area is 207 Å². The lowest BCUT2D eigenvalue weighted by molar-refractivity contribution is 0.166. The first-order valence-electron chi connectivity index (χ1n) is 11.9. The molecule has 0 N–H and O–H groups in total. The van der Waals surface area contributed by atoms with Crippen LogP contribution in [-0.2, 0) is 13.5 Å². The molecule has 182 valence electrons. The van der Waals surface area contributed by atoms with Crippen molar-refractivity contribution in [2.24, 2.45) is 7.05 Å². The molecule has 0 spiro atoms. The zero-order valence-electron chi connectivity index (χ0n) is 20.5. The predicted octanol–water partition coefficient (Wildman–Crippen LogP) is 4.01. The summed E-state index contributed by atoms with van der Waals surface area (Å²) in [7, 11) is 1.75. The van der Waals surface area contributed by atoms with Crippen LogP contribution in [0.4, 0.5) is 10.1 Å². The summed E-state index contributed by atoms with van der Waals surface area (Å²) >= 11 is 1.34. The zero-order valence-corrected chi connectivity index (χ0v) is 21.3. The molecule has 3 aromatic heterocycles. The number of fused-ring (bicyclic) bond motifs is 2. The number of rotatable bonds is 5. The number of halogens is 1. The molecule has 2 atom stereocenters. The van der Waals surface area contributed by atoms with Gasteiger partial charge in [0.25, 0.3) is 5.56 Å². The molecular formula is C26H29FN6OS. The van der Waals surface area contributed by atoms with Crippen molar-refractivity contribution < 1.29 is 4.39 Å². The molecule has 7 nitrogen and oxygen atoms in total. The fourth-order valence-corrected chi connectivity index (χ4v) is 5.74. The van der Waals surface area contributed by atoms with E-state index in [-0.39, 0.29) is 23.5 Å². The monoisotopic (exact) mass is 492 g/mol. The third kappa shape index (κ3) is 4.11. The number of hydrogen-bond acceptors (Lipinski definition) is 6. The van der Waals surface area contributed by atoms with Crippen LogP contribution in [0.25, 0.3) is 15.9 Å². The Morgan fingerprint density at radius 1 is 1.31 bits per heavy atom. The average molecular weight is 493 g/mol. The molecule has 1 aliphatic rings. The third-order valence-corrected chi connectivity index (χ3v) is 7.91. The lowest BCUT2D eigenvalue weighted by Crippen LogP contribution is -2.54. The van der Waals surface area contributed by atoms with Crippen molar-refractivity contribution in [3.63, 3.8) is 0 Å². The highest BCUT2D eigenvalue weighted by molar-refractivity contribution is 7.16. The molecule has 2 unspecified atom stereocenters. The number of imidazole rings is 1. The van der Waals surface area contributed by atoms with E-state index < -0.39 is 0 Å². The van der Waals surface area contributed by atoms with Gasteiger partial charge in [0.15, 0.2) is 5.65 Å². The van der Waals surface area contributed by atoms with Crippen molar-refractivity contribution in [3.8, 4) is 11.8 Å². The molecule has 5 rings (SSSR count). The molecule has 0 bridgehead atoms. The van der Waals surface area contributed by atoms with Gasteiger partial charge in [-0.05, 0) is 26.3 Å². The smallest absolute Gasteiger partial charge is 0.267 e. The van der Waals surface area contributed by atoms with Gasteiger partial charge in [-0.3, -0.25) is 9.69 Å². The molecule has 0 radical (unpaired) electrons. The van der Waals surface area contributed by atoms with E-state index in [0.717, 1.165) is 43.1 Å². The number of hydrogen-bond donors (Lipinski definition) is 0. The topological polar surface area (TPSA) is 58.7 Å². The first kappa shape index (κ1) is 23.5. The number of thiazole rings is 1. The van der Waals surface area contributed by atoms with Gasteiger partial charge in [-0.2, -0.15) is 0 Å². The number of piperazine rings is 1. The lowest BCUT2D eigenvalue weighted by atomic mass is 10.0. The van der Waals surface area contributed by atoms with Gasteiger partial charge in [-0.25, -0.2) is 23.6 Å². The van der Waals surface area contributed by atoms with Gasteiger partial charge in [0.2, 0.25) is 0 Å². The van der Waals surface area contributed by atoms with Crippen LogP contribution < -0.4 is 10.5 Å². The minimum absolute atomic E-state index is 0.0630. The van der Waals surface area contributed by atoms with Crippen molar-refractivity contribution in [2.45, 2.75) is 45.7 Å². The van der Waals surface area contributed by atoms with Gasteiger partial charge in [-0.1, -0.05) is 18.9 Å². The van der Waals surface area contributed by atoms with Gasteiger partial charge < -0.3 is 4.90 Å². The van der Waals surface area contributed by atoms with E-state index >= 15 is 4.39 Å². The second kappa shape index (κ2) is 9.44. The van der Waals surface area contributed by atoms with Crippen molar-refractivity contribution in [2.75, 3.05) is 24.5 Å². The van der Waals surface area contributed by atoms with Crippen molar-refractivity contribution >= 4 is 32.9 Å². The normalized spacial score (nSPS) is 17.6. The first-order chi connectivity index (χ1) is 16.9. The van der Waals surface area contributed by atoms with E-state index in [4.69, 9.17) is 4.98 Å². The quantitative estimate of drug-likeness (QED) is 0.394. The fourth-order valence-electron chi connectivity index (χ4n) is 5.01. The highest BCUT2D eigenvalue weighted by Gasteiger charge is 2.32. The van der Waals surface area contributed by atoms with Gasteiger partial charge in [-0.15, -0.1) is 17.3 Å². The van der Waals surface area contributed by atoms with E-state index in [2.05, 4.69) is 40.5 Å². The van der Waals surface area contributed by atoms with Crippen LogP contribution in [0.1, 0.15) is 44.5 Å². The van der Waals surface area contributed by atoms with Crippen molar-refractivity contribution in [3.05, 3.63) is 57.3 Å². The molecule has 1 saturated heterocycles. The number of anilines is 1. The standard InChI is InChI=1S/C26H29FN6OS/c1-5-7-8-18-14-33-26(29-18)22(13-23(34)30(33)4)32-12-11-31(15-19(32)6-2)17(3)20-9-10-21-25(24(20)27)35-16-28-21/h9-10,13-14,16-17,19H,6,8,11-12,15H2,1-4H3. The van der Waals surface area contributed by atoms with Crippen LogP contribution in [-0.4, -0.2) is 49.7 Å². The second-order valence-corrected chi connectivity index (χ2v) is 9.85. The third-order valence-electron chi connectivity index (χ3n) is 7.08. The van der Waals surface area contributed by atoms with Gasteiger partial charge >= 0.3 is 0 Å². The minimum atomic E-state index is -0.165. The Bertz CT molecular complexity index is 1510. The lowest BCUT2D eigenvalue weighted by Gasteiger charge is -2.44. The summed E-state index contributed by atoms with van der Waals surface area (Å²) in [6, 6.07) is 5.57. The maximum Gasteiger partial charge on any atom is 0.267 e. The van der Waals surface area contributed by atoms with Gasteiger partial charge in [0.05, 0.1) is 39.7 Å². The molecule has 4 aromatic rings. The fraction of sp³-hybridized carbons (Fsp3) is 0.423. The van der Waals surface area contributed by atoms with E-state index in [9.17, 15) is 4.79 Å². The predicted molar refractivity (Wildman–Crippen MR) is 139 cm³/mol. The van der Waals surface area contributed by atoms with E-state index in [1.54, 1.807) is 23.3 Å². The Hall–Kier alpha value is -3.22. The minimum Gasteiger partial charge on any atom is -0.363 e. The Kier molecular flexibility index (Phi) is 6.34. The Morgan fingerprint density at radius 3 is 2.91 bits per heavy atom. The summed E-state index contributed by atoms with van der Waals surface area (Å²) in [5.74, 6) is 5.80. The number of benzene rings is 1. The van der Waals surface area contributed by atoms with Gasteiger partial charge in [0.1, 0.15) is 5.82 Å². The van der Waals surface area contributed by atoms with E-state index in [1.165, 1.54) is 11.3 Å². The second-order valence-electron chi connectivity index (χ2n) is 8.99. The molecule has 4 heterocycles. The summed E-state index contributed by atoms with van der Waals surface area (Å²) in [5.41, 5.74) is 5.48. The molecule has 1 fully saturated rings. The molecule has 1 aromatic carbocycles. The average Bonchev–Trinajstić information content (AvgIpc) is 3.52. The molecule has 0 aliphatic carbocycles. The highest BCUT2D eigenvalue weighted by Crippen LogP contribution is 2.33. The molecule has 35 heavy (non-hydrogen) atoms. The first-order valence-corrected chi connectivity index (χ1v) is 12.8. The van der Waals surface area contributed by atoms with Crippen LogP contribution in [0.15, 0.2) is 34.7 Å². The van der Waals surface area contributed by atoms with E-state index in [1.807, 2.05) is 29.8 Å². The Balaban J connectivity index is 1.45. The highest BCUT2D eigenvalue weighted by atomic mass is 32.1. The van der Waals surface area contributed by atoms with Crippen LogP contribution >= 0.6 is 11.3 Å². The SMILES string of the molecule is CC#CCc1cn2c(n1)c(N1CCN(C(C)c3ccc4ncsc4c3F)CC1CC)cc(=O)n2C. The molecule has 0 amide bonds. The van der Waals surface area contributed by atoms with Crippen LogP contribution in [0.5, 0.6) is 0 Å². The van der Waals surface area contributed by atoms with Gasteiger partial charge in [0, 0.05) is 50.4 Å². The molecular weight excluding hydrogens is 463 g/mol. The van der Waals surface area contributed by atoms with Crippen LogP contribution in [0, 0.1) is 17.7 Å². The van der Waals surface area contributed by atoms with E-state index in [0.29, 0.717) is 22.2 Å². The number of aryl methyl sites for hydroxylation is 1. The molecule has 9 heteroatoms. The summed E-state index contributed by atoms with van der Waals surface area (Å²) < 4.78 is 19.3. The van der Waals surface area contributed by atoms with Crippen molar-refractivity contribution in [1.29, 1.82) is 0 Å². The maximum absolute atomic E-state index is 15.3. The van der Waals surface area contributed by atoms with Crippen LogP contribution in [0.2, 0.25) is 0 Å². The number of nitrogens with zero attached hydrogens (tertiary/aromatic N) is 6. The van der Waals surface area contributed by atoms with Crippen LogP contribution in [0.3, 0.4) is 0 Å². The number of aromatic nitrogens is 4. The summed E-state index contributed by atoms with van der Waals surface area (Å²) in [6.45, 7) is 8.29. The Morgan fingerprint density at radius 2 is 2.14 bits per heavy atom. The maximum atomic E-state index is 15.3. The molecule has 0 saturated carbocycles. The molecule has 1 aliphatic heterocycles. The largest absolute Gasteiger partial charge is 0.363 e.